The molecule has 2 aliphatic heterocycles. The predicted molar refractivity (Wildman–Crippen MR) is 272 cm³/mol. The second-order valence-corrected chi connectivity index (χ2v) is 20.4. The van der Waals surface area contributed by atoms with Crippen LogP contribution in [-0.2, 0) is 23.7 Å². The molecule has 408 valence electrons. The van der Waals surface area contributed by atoms with Crippen LogP contribution in [-0.4, -0.2) is 140 Å². The molecule has 9 N–H and O–H groups in total. The van der Waals surface area contributed by atoms with E-state index in [9.17, 15) is 45.6 Å². The molecule has 0 spiro atoms. The van der Waals surface area contributed by atoms with Crippen molar-refractivity contribution in [2.45, 2.75) is 312 Å². The summed E-state index contributed by atoms with van der Waals surface area (Å²) in [5, 5.41) is 86.3. The van der Waals surface area contributed by atoms with Crippen LogP contribution in [0.25, 0.3) is 0 Å². The predicted octanol–water partition coefficient (Wildman–Crippen LogP) is 8.72. The third-order valence-corrected chi connectivity index (χ3v) is 14.2. The van der Waals surface area contributed by atoms with E-state index in [1.165, 1.54) is 167 Å². The molecule has 0 aromatic carbocycles. The van der Waals surface area contributed by atoms with Gasteiger partial charge in [0.05, 0.1) is 32.0 Å². The van der Waals surface area contributed by atoms with Crippen LogP contribution in [0.15, 0.2) is 12.2 Å². The van der Waals surface area contributed by atoms with Gasteiger partial charge in [0, 0.05) is 6.42 Å². The van der Waals surface area contributed by atoms with Gasteiger partial charge in [-0.15, -0.1) is 0 Å². The molecule has 0 aromatic rings. The number of nitrogens with one attached hydrogen (secondary N) is 1. The highest BCUT2D eigenvalue weighted by Crippen LogP contribution is 2.30. The zero-order valence-electron chi connectivity index (χ0n) is 43.6. The molecular weight excluding hydrogens is 883 g/mol. The minimum atomic E-state index is -1.78. The van der Waals surface area contributed by atoms with Gasteiger partial charge in [-0.3, -0.25) is 4.79 Å². The molecule has 2 rings (SSSR count). The normalized spacial score (nSPS) is 26.2. The topological polar surface area (TPSA) is 228 Å². The van der Waals surface area contributed by atoms with Crippen molar-refractivity contribution in [1.29, 1.82) is 0 Å². The lowest BCUT2D eigenvalue weighted by molar-refractivity contribution is -0.359. The first-order valence-electron chi connectivity index (χ1n) is 28.4. The summed E-state index contributed by atoms with van der Waals surface area (Å²) in [5.74, 6) is -0.242. The minimum absolute atomic E-state index is 0.242. The number of hydrogen-bond acceptors (Lipinski definition) is 13. The summed E-state index contributed by atoms with van der Waals surface area (Å²) in [7, 11) is 0. The highest BCUT2D eigenvalue weighted by atomic mass is 16.7. The zero-order valence-corrected chi connectivity index (χ0v) is 43.6. The molecule has 2 aliphatic rings. The minimum Gasteiger partial charge on any atom is -0.394 e. The van der Waals surface area contributed by atoms with Crippen molar-refractivity contribution in [1.82, 2.24) is 5.32 Å². The van der Waals surface area contributed by atoms with Gasteiger partial charge in [0.2, 0.25) is 5.91 Å². The van der Waals surface area contributed by atoms with Crippen LogP contribution < -0.4 is 5.32 Å². The van der Waals surface area contributed by atoms with E-state index in [-0.39, 0.29) is 18.9 Å². The molecule has 14 heteroatoms. The Bertz CT molecular complexity index is 1210. The van der Waals surface area contributed by atoms with Crippen molar-refractivity contribution in [2.24, 2.45) is 0 Å². The van der Waals surface area contributed by atoms with E-state index in [0.717, 1.165) is 44.9 Å². The van der Waals surface area contributed by atoms with Crippen molar-refractivity contribution >= 4 is 5.91 Å². The van der Waals surface area contributed by atoms with E-state index in [4.69, 9.17) is 18.9 Å². The Morgan fingerprint density at radius 1 is 0.507 bits per heavy atom. The van der Waals surface area contributed by atoms with E-state index >= 15 is 0 Å². The van der Waals surface area contributed by atoms with Gasteiger partial charge in [0.25, 0.3) is 0 Å². The standard InChI is InChI=1S/C55H105NO13/c1-3-5-7-9-10-11-12-13-14-15-16-17-18-19-20-21-22-23-24-25-26-27-28-29-30-31-32-33-35-37-39-47(60)56-43(44(59)38-36-34-8-6-4-2)42-66-54-52(65)50(63)53(46(41-58)68-54)69-55-51(64)49(62)48(61)45(40-57)67-55/h36,38,43-46,48-55,57-59,61-65H,3-35,37,39-42H2,1-2H3,(H,56,60)/b38-36+. The number of carbonyl (C=O) groups is 1. The number of aliphatic hydroxyl groups excluding tert-OH is 8. The van der Waals surface area contributed by atoms with Crippen molar-refractivity contribution in [3.05, 3.63) is 12.2 Å². The smallest absolute Gasteiger partial charge is 0.220 e. The molecule has 0 saturated carbocycles. The van der Waals surface area contributed by atoms with Crippen molar-refractivity contribution in [3.8, 4) is 0 Å². The molecule has 69 heavy (non-hydrogen) atoms. The Kier molecular flexibility index (Phi) is 39.0. The Morgan fingerprint density at radius 2 is 0.899 bits per heavy atom. The van der Waals surface area contributed by atoms with Crippen molar-refractivity contribution < 1.29 is 64.6 Å². The van der Waals surface area contributed by atoms with Gasteiger partial charge in [-0.2, -0.15) is 0 Å². The summed E-state index contributed by atoms with van der Waals surface area (Å²) in [6.07, 6.45) is 30.7. The molecule has 1 amide bonds. The van der Waals surface area contributed by atoms with Crippen LogP contribution in [0.3, 0.4) is 0 Å². The lowest BCUT2D eigenvalue weighted by Gasteiger charge is -2.46. The molecule has 2 heterocycles. The first-order valence-corrected chi connectivity index (χ1v) is 28.4. The lowest BCUT2D eigenvalue weighted by atomic mass is 9.97. The summed E-state index contributed by atoms with van der Waals surface area (Å²) in [5.41, 5.74) is 0. The van der Waals surface area contributed by atoms with Gasteiger partial charge < -0.3 is 65.1 Å². The Hall–Kier alpha value is -1.27. The largest absolute Gasteiger partial charge is 0.394 e. The van der Waals surface area contributed by atoms with Crippen molar-refractivity contribution in [3.63, 3.8) is 0 Å². The molecule has 0 aromatic heterocycles. The number of allylic oxidation sites excluding steroid dienone is 1. The van der Waals surface area contributed by atoms with Crippen molar-refractivity contribution in [2.75, 3.05) is 19.8 Å². The van der Waals surface area contributed by atoms with Crippen LogP contribution in [0.2, 0.25) is 0 Å². The number of unbranched alkanes of at least 4 members (excludes halogenated alkanes) is 32. The summed E-state index contributed by atoms with van der Waals surface area (Å²) in [6.45, 7) is 2.69. The lowest BCUT2D eigenvalue weighted by Crippen LogP contribution is -2.65. The molecule has 14 nitrogen and oxygen atoms in total. The summed E-state index contributed by atoms with van der Waals surface area (Å²) in [4.78, 5) is 13.1. The second-order valence-electron chi connectivity index (χ2n) is 20.4. The molecule has 2 saturated heterocycles. The van der Waals surface area contributed by atoms with Crippen LogP contribution in [0.5, 0.6) is 0 Å². The van der Waals surface area contributed by atoms with Crippen LogP contribution in [0, 0.1) is 0 Å². The SMILES string of the molecule is CCCCC/C=C/C(O)C(COC1OC(CO)C(OC2OC(CO)C(O)C(O)C2O)C(O)C1O)NC(=O)CCCCCCCCCCCCCCCCCCCCCCCCCCCCCCCC. The maximum absolute atomic E-state index is 13.1. The molecular formula is C55H105NO13. The summed E-state index contributed by atoms with van der Waals surface area (Å²) in [6, 6.07) is -0.905. The Balaban J connectivity index is 1.55. The van der Waals surface area contributed by atoms with Crippen LogP contribution in [0.4, 0.5) is 0 Å². The van der Waals surface area contributed by atoms with Gasteiger partial charge in [0.1, 0.15) is 48.8 Å². The van der Waals surface area contributed by atoms with E-state index in [2.05, 4.69) is 19.2 Å². The first kappa shape index (κ1) is 63.8. The summed E-state index contributed by atoms with van der Waals surface area (Å²) < 4.78 is 22.6. The van der Waals surface area contributed by atoms with Gasteiger partial charge in [-0.1, -0.05) is 225 Å². The molecule has 12 unspecified atom stereocenters. The molecule has 0 bridgehead atoms. The third-order valence-electron chi connectivity index (χ3n) is 14.2. The fourth-order valence-electron chi connectivity index (χ4n) is 9.59. The Morgan fingerprint density at radius 3 is 1.33 bits per heavy atom. The van der Waals surface area contributed by atoms with Crippen LogP contribution >= 0.6 is 0 Å². The van der Waals surface area contributed by atoms with E-state index in [0.29, 0.717) is 6.42 Å². The quantitative estimate of drug-likeness (QED) is 0.0206. The number of hydrogen-bond donors (Lipinski definition) is 9. The summed E-state index contributed by atoms with van der Waals surface area (Å²) >= 11 is 0. The maximum atomic E-state index is 13.1. The number of amides is 1. The number of ether oxygens (including phenoxy) is 4. The fourth-order valence-corrected chi connectivity index (χ4v) is 9.59. The van der Waals surface area contributed by atoms with Gasteiger partial charge in [-0.05, 0) is 19.3 Å². The molecule has 2 fully saturated rings. The van der Waals surface area contributed by atoms with Gasteiger partial charge in [0.15, 0.2) is 12.6 Å². The van der Waals surface area contributed by atoms with E-state index in [1.807, 2.05) is 6.08 Å². The fraction of sp³-hybridized carbons (Fsp3) is 0.945. The zero-order chi connectivity index (χ0) is 50.3. The third kappa shape index (κ3) is 28.7. The van der Waals surface area contributed by atoms with Gasteiger partial charge in [-0.25, -0.2) is 0 Å². The number of rotatable bonds is 45. The number of aliphatic hydroxyl groups is 8. The van der Waals surface area contributed by atoms with Gasteiger partial charge >= 0.3 is 0 Å². The van der Waals surface area contributed by atoms with E-state index < -0.39 is 86.8 Å². The van der Waals surface area contributed by atoms with Crippen LogP contribution in [0.1, 0.15) is 239 Å². The monoisotopic (exact) mass is 988 g/mol. The maximum Gasteiger partial charge on any atom is 0.220 e. The molecule has 12 atom stereocenters. The first-order chi connectivity index (χ1) is 33.6. The van der Waals surface area contributed by atoms with E-state index in [1.54, 1.807) is 6.08 Å². The molecule has 0 radical (unpaired) electrons. The number of carbonyl (C=O) groups excluding carboxylic acids is 1. The highest BCUT2D eigenvalue weighted by Gasteiger charge is 2.51. The second kappa shape index (κ2) is 42.1. The average Bonchev–Trinajstić information content (AvgIpc) is 3.35. The molecule has 0 aliphatic carbocycles. The average molecular weight is 988 g/mol. The highest BCUT2D eigenvalue weighted by molar-refractivity contribution is 5.76. The Labute approximate surface area is 418 Å².